The molecule has 1 N–H and O–H groups in total. The Morgan fingerprint density at radius 2 is 1.75 bits per heavy atom. The van der Waals surface area contributed by atoms with E-state index in [9.17, 15) is 9.18 Å². The molecule has 0 saturated heterocycles. The van der Waals surface area contributed by atoms with Gasteiger partial charge in [0.15, 0.2) is 17.7 Å². The van der Waals surface area contributed by atoms with Gasteiger partial charge >= 0.3 is 0 Å². The number of amides is 1. The van der Waals surface area contributed by atoms with Gasteiger partial charge in [0.1, 0.15) is 5.75 Å². The number of para-hydroxylation sites is 2. The van der Waals surface area contributed by atoms with Gasteiger partial charge in [-0.3, -0.25) is 4.79 Å². The Morgan fingerprint density at radius 3 is 2.38 bits per heavy atom. The number of halogens is 1. The fourth-order valence-electron chi connectivity index (χ4n) is 2.42. The van der Waals surface area contributed by atoms with Crippen molar-refractivity contribution < 1.29 is 18.7 Å². The van der Waals surface area contributed by atoms with Crippen LogP contribution in [0, 0.1) is 5.82 Å². The number of rotatable bonds is 7. The predicted octanol–water partition coefficient (Wildman–Crippen LogP) is 3.87. The third-order valence-electron chi connectivity index (χ3n) is 3.73. The zero-order valence-corrected chi connectivity index (χ0v) is 14.1. The molecule has 0 aromatic heterocycles. The summed E-state index contributed by atoms with van der Waals surface area (Å²) in [5, 5.41) is 2.90. The minimum Gasteiger partial charge on any atom is -0.496 e. The van der Waals surface area contributed by atoms with Crippen LogP contribution in [0.4, 0.5) is 4.39 Å². The van der Waals surface area contributed by atoms with Gasteiger partial charge in [0.05, 0.1) is 13.2 Å². The lowest BCUT2D eigenvalue weighted by Gasteiger charge is -2.22. The van der Waals surface area contributed by atoms with Crippen LogP contribution in [0.3, 0.4) is 0 Å². The first kappa shape index (κ1) is 17.8. The van der Waals surface area contributed by atoms with Crippen molar-refractivity contribution in [1.29, 1.82) is 0 Å². The van der Waals surface area contributed by atoms with Gasteiger partial charge in [0, 0.05) is 5.56 Å². The lowest BCUT2D eigenvalue weighted by molar-refractivity contribution is -0.128. The molecule has 0 aliphatic rings. The monoisotopic (exact) mass is 331 g/mol. The molecule has 5 heteroatoms. The predicted molar refractivity (Wildman–Crippen MR) is 90.7 cm³/mol. The first-order chi connectivity index (χ1) is 11.6. The summed E-state index contributed by atoms with van der Waals surface area (Å²) in [5.41, 5.74) is 0.870. The highest BCUT2D eigenvalue weighted by Gasteiger charge is 2.22. The van der Waals surface area contributed by atoms with E-state index in [4.69, 9.17) is 9.47 Å². The van der Waals surface area contributed by atoms with E-state index in [1.54, 1.807) is 19.2 Å². The largest absolute Gasteiger partial charge is 0.496 e. The highest BCUT2D eigenvalue weighted by molar-refractivity contribution is 5.81. The van der Waals surface area contributed by atoms with E-state index in [2.05, 4.69) is 5.32 Å². The van der Waals surface area contributed by atoms with E-state index in [1.165, 1.54) is 12.1 Å². The van der Waals surface area contributed by atoms with Crippen LogP contribution in [0.5, 0.6) is 11.5 Å². The van der Waals surface area contributed by atoms with Gasteiger partial charge in [-0.1, -0.05) is 37.3 Å². The van der Waals surface area contributed by atoms with Crippen molar-refractivity contribution in [3.63, 3.8) is 0 Å². The standard InChI is InChI=1S/C19H22FNO3/c1-4-16(24-18-12-8-6-10-15(18)20)19(22)21-13(2)14-9-5-7-11-17(14)23-3/h5-13,16H,4H2,1-3H3,(H,21,22). The lowest BCUT2D eigenvalue weighted by atomic mass is 10.1. The number of nitrogens with one attached hydrogen (secondary N) is 1. The maximum absolute atomic E-state index is 13.7. The zero-order valence-electron chi connectivity index (χ0n) is 14.1. The topological polar surface area (TPSA) is 47.6 Å². The highest BCUT2D eigenvalue weighted by atomic mass is 19.1. The van der Waals surface area contributed by atoms with E-state index in [0.29, 0.717) is 12.2 Å². The minimum absolute atomic E-state index is 0.0736. The summed E-state index contributed by atoms with van der Waals surface area (Å²) >= 11 is 0. The molecule has 0 saturated carbocycles. The first-order valence-electron chi connectivity index (χ1n) is 7.91. The molecule has 1 amide bonds. The molecule has 128 valence electrons. The number of hydrogen-bond acceptors (Lipinski definition) is 3. The molecule has 0 heterocycles. The summed E-state index contributed by atoms with van der Waals surface area (Å²) in [7, 11) is 1.59. The molecule has 2 unspecified atom stereocenters. The van der Waals surface area contributed by atoms with E-state index in [1.807, 2.05) is 38.1 Å². The minimum atomic E-state index is -0.765. The van der Waals surface area contributed by atoms with Crippen molar-refractivity contribution in [2.24, 2.45) is 0 Å². The first-order valence-corrected chi connectivity index (χ1v) is 7.91. The maximum Gasteiger partial charge on any atom is 0.261 e. The van der Waals surface area contributed by atoms with Crippen LogP contribution < -0.4 is 14.8 Å². The van der Waals surface area contributed by atoms with Gasteiger partial charge in [0.25, 0.3) is 5.91 Å². The molecule has 2 aromatic rings. The average molecular weight is 331 g/mol. The number of hydrogen-bond donors (Lipinski definition) is 1. The molecular formula is C19H22FNO3. The summed E-state index contributed by atoms with van der Waals surface area (Å²) in [5.74, 6) is -0.00139. The molecule has 4 nitrogen and oxygen atoms in total. The number of carbonyl (C=O) groups excluding carboxylic acids is 1. The van der Waals surface area contributed by atoms with Gasteiger partial charge in [-0.15, -0.1) is 0 Å². The van der Waals surface area contributed by atoms with Gasteiger partial charge in [0.2, 0.25) is 0 Å². The van der Waals surface area contributed by atoms with Crippen LogP contribution in [0.1, 0.15) is 31.9 Å². The molecule has 0 fully saturated rings. The lowest BCUT2D eigenvalue weighted by Crippen LogP contribution is -2.39. The molecule has 2 aromatic carbocycles. The van der Waals surface area contributed by atoms with Gasteiger partial charge in [-0.2, -0.15) is 0 Å². The maximum atomic E-state index is 13.7. The fraction of sp³-hybridized carbons (Fsp3) is 0.316. The Hall–Kier alpha value is -2.56. The van der Waals surface area contributed by atoms with Crippen LogP contribution in [0.15, 0.2) is 48.5 Å². The van der Waals surface area contributed by atoms with E-state index in [-0.39, 0.29) is 17.7 Å². The van der Waals surface area contributed by atoms with Crippen molar-refractivity contribution in [1.82, 2.24) is 5.32 Å². The van der Waals surface area contributed by atoms with Crippen LogP contribution in [-0.2, 0) is 4.79 Å². The fourth-order valence-corrected chi connectivity index (χ4v) is 2.42. The van der Waals surface area contributed by atoms with Crippen molar-refractivity contribution >= 4 is 5.91 Å². The van der Waals surface area contributed by atoms with Crippen molar-refractivity contribution in [2.45, 2.75) is 32.4 Å². The molecule has 0 aliphatic heterocycles. The summed E-state index contributed by atoms with van der Waals surface area (Å²) in [6, 6.07) is 13.3. The third-order valence-corrected chi connectivity index (χ3v) is 3.73. The molecule has 24 heavy (non-hydrogen) atoms. The summed E-state index contributed by atoms with van der Waals surface area (Å²) < 4.78 is 24.5. The van der Waals surface area contributed by atoms with E-state index >= 15 is 0 Å². The SMILES string of the molecule is CCC(Oc1ccccc1F)C(=O)NC(C)c1ccccc1OC. The summed E-state index contributed by atoms with van der Waals surface area (Å²) in [6.45, 7) is 3.68. The molecule has 0 radical (unpaired) electrons. The Balaban J connectivity index is 2.07. The normalized spacial score (nSPS) is 13.0. The number of benzene rings is 2. The van der Waals surface area contributed by atoms with Gasteiger partial charge < -0.3 is 14.8 Å². The summed E-state index contributed by atoms with van der Waals surface area (Å²) in [6.07, 6.45) is -0.335. The van der Waals surface area contributed by atoms with Crippen molar-refractivity contribution in [3.8, 4) is 11.5 Å². The third kappa shape index (κ3) is 4.25. The Kier molecular flexibility index (Phi) is 6.18. The van der Waals surface area contributed by atoms with Crippen molar-refractivity contribution in [2.75, 3.05) is 7.11 Å². The van der Waals surface area contributed by atoms with Crippen molar-refractivity contribution in [3.05, 3.63) is 59.9 Å². The van der Waals surface area contributed by atoms with Crippen LogP contribution >= 0.6 is 0 Å². The molecular weight excluding hydrogens is 309 g/mol. The molecule has 2 rings (SSSR count). The van der Waals surface area contributed by atoms with Crippen LogP contribution in [0.25, 0.3) is 0 Å². The van der Waals surface area contributed by atoms with E-state index < -0.39 is 11.9 Å². The molecule has 0 spiro atoms. The van der Waals surface area contributed by atoms with Gasteiger partial charge in [-0.25, -0.2) is 4.39 Å². The van der Waals surface area contributed by atoms with Crippen LogP contribution in [-0.4, -0.2) is 19.1 Å². The average Bonchev–Trinajstić information content (AvgIpc) is 2.60. The molecule has 0 aliphatic carbocycles. The number of methoxy groups -OCH3 is 1. The smallest absolute Gasteiger partial charge is 0.261 e. The Bertz CT molecular complexity index is 690. The second-order valence-electron chi connectivity index (χ2n) is 5.42. The quantitative estimate of drug-likeness (QED) is 0.838. The van der Waals surface area contributed by atoms with Crippen LogP contribution in [0.2, 0.25) is 0 Å². The number of carbonyl (C=O) groups is 1. The molecule has 0 bridgehead atoms. The van der Waals surface area contributed by atoms with Gasteiger partial charge in [-0.05, 0) is 31.5 Å². The highest BCUT2D eigenvalue weighted by Crippen LogP contribution is 2.25. The second-order valence-corrected chi connectivity index (χ2v) is 5.42. The number of ether oxygens (including phenoxy) is 2. The second kappa shape index (κ2) is 8.34. The Labute approximate surface area is 141 Å². The Morgan fingerprint density at radius 1 is 1.12 bits per heavy atom. The molecule has 2 atom stereocenters. The summed E-state index contributed by atoms with van der Waals surface area (Å²) in [4.78, 5) is 12.5. The van der Waals surface area contributed by atoms with E-state index in [0.717, 1.165) is 5.56 Å². The zero-order chi connectivity index (χ0) is 17.5.